The van der Waals surface area contributed by atoms with E-state index in [1.54, 1.807) is 42.6 Å². The van der Waals surface area contributed by atoms with E-state index < -0.39 is 23.5 Å². The number of aliphatic hydroxyl groups excluding tert-OH is 1. The monoisotopic (exact) mass is 474 g/mol. The summed E-state index contributed by atoms with van der Waals surface area (Å²) in [6.07, 6.45) is 1.55. The quantitative estimate of drug-likeness (QED) is 0.248. The van der Waals surface area contributed by atoms with Crippen LogP contribution in [0.2, 0.25) is 5.02 Å². The lowest BCUT2D eigenvalue weighted by atomic mass is 9.98. The van der Waals surface area contributed by atoms with Crippen molar-refractivity contribution >= 4 is 46.0 Å². The number of anilines is 1. The molecule has 0 saturated carbocycles. The number of fused-ring (bicyclic) bond motifs is 1. The van der Waals surface area contributed by atoms with Crippen LogP contribution in [0.25, 0.3) is 16.8 Å². The third-order valence-electron chi connectivity index (χ3n) is 5.52. The second-order valence-corrected chi connectivity index (χ2v) is 7.98. The Morgan fingerprint density at radius 2 is 1.94 bits per heavy atom. The molecule has 0 aliphatic carbocycles. The topological polar surface area (TPSA) is 108 Å². The molecule has 2 aromatic carbocycles. The fourth-order valence-corrected chi connectivity index (χ4v) is 4.22. The molecule has 0 bridgehead atoms. The first-order valence-corrected chi connectivity index (χ1v) is 11.0. The maximum atomic E-state index is 13.3. The molecule has 5 rings (SSSR count). The maximum Gasteiger partial charge on any atom is 0.302 e. The summed E-state index contributed by atoms with van der Waals surface area (Å²) in [6, 6.07) is 16.1. The number of H-pyrrole nitrogens is 1. The predicted molar refractivity (Wildman–Crippen MR) is 128 cm³/mol. The van der Waals surface area contributed by atoms with Gasteiger partial charge in [0, 0.05) is 11.8 Å². The van der Waals surface area contributed by atoms with Gasteiger partial charge in [-0.2, -0.15) is 0 Å². The number of hydrogen-bond acceptors (Lipinski definition) is 6. The number of carbonyl (C=O) groups excluding carboxylic acids is 2. The number of aromatic nitrogens is 3. The number of halogens is 1. The van der Waals surface area contributed by atoms with Crippen LogP contribution in [-0.2, 0) is 9.59 Å². The summed E-state index contributed by atoms with van der Waals surface area (Å²) in [5.74, 6) is -1.49. The van der Waals surface area contributed by atoms with Crippen LogP contribution < -0.4 is 9.64 Å². The number of para-hydroxylation sites is 2. The molecule has 3 heterocycles. The summed E-state index contributed by atoms with van der Waals surface area (Å²) in [4.78, 5) is 39.7. The summed E-state index contributed by atoms with van der Waals surface area (Å²) in [7, 11) is 0. The van der Waals surface area contributed by atoms with Crippen molar-refractivity contribution in [1.82, 2.24) is 15.0 Å². The number of aliphatic hydroxyl groups is 1. The van der Waals surface area contributed by atoms with Crippen LogP contribution in [0, 0.1) is 0 Å². The molecule has 1 amide bonds. The van der Waals surface area contributed by atoms with Gasteiger partial charge in [0.1, 0.15) is 17.6 Å². The minimum atomic E-state index is -1.02. The first-order valence-electron chi connectivity index (χ1n) is 10.6. The largest absolute Gasteiger partial charge is 0.507 e. The highest BCUT2D eigenvalue weighted by atomic mass is 35.5. The van der Waals surface area contributed by atoms with Crippen molar-refractivity contribution in [2.45, 2.75) is 13.0 Å². The van der Waals surface area contributed by atoms with Crippen LogP contribution in [0.4, 0.5) is 5.95 Å². The van der Waals surface area contributed by atoms with Gasteiger partial charge in [-0.3, -0.25) is 19.5 Å². The van der Waals surface area contributed by atoms with Gasteiger partial charge in [0.2, 0.25) is 5.95 Å². The first kappa shape index (κ1) is 21.7. The highest BCUT2D eigenvalue weighted by Gasteiger charge is 2.49. The summed E-state index contributed by atoms with van der Waals surface area (Å²) in [6.45, 7) is 2.24. The Balaban J connectivity index is 1.73. The number of ketones is 1. The number of amides is 1. The number of hydrogen-bond donors (Lipinski definition) is 2. The van der Waals surface area contributed by atoms with Crippen LogP contribution in [0.1, 0.15) is 24.2 Å². The number of aromatic amines is 1. The molecular formula is C25H19ClN4O4. The van der Waals surface area contributed by atoms with E-state index in [1.165, 1.54) is 11.0 Å². The molecule has 1 fully saturated rings. The van der Waals surface area contributed by atoms with Gasteiger partial charge in [-0.15, -0.1) is 0 Å². The SMILES string of the molecule is CCOc1ccc(Cl)c(/C(O)=C2\C(=O)C(=O)N(c3nc4ccccc4[nH]3)C2c2ccccn2)c1. The number of rotatable bonds is 5. The summed E-state index contributed by atoms with van der Waals surface area (Å²) >= 11 is 6.36. The van der Waals surface area contributed by atoms with Crippen molar-refractivity contribution in [3.63, 3.8) is 0 Å². The van der Waals surface area contributed by atoms with Gasteiger partial charge >= 0.3 is 5.91 Å². The second kappa shape index (κ2) is 8.64. The number of carbonyl (C=O) groups is 2. The number of nitrogens with one attached hydrogen (secondary N) is 1. The minimum absolute atomic E-state index is 0.139. The zero-order valence-corrected chi connectivity index (χ0v) is 18.8. The van der Waals surface area contributed by atoms with Gasteiger partial charge in [0.05, 0.1) is 33.9 Å². The van der Waals surface area contributed by atoms with Gasteiger partial charge in [0.25, 0.3) is 5.78 Å². The number of benzene rings is 2. The zero-order chi connectivity index (χ0) is 23.8. The molecule has 2 aromatic heterocycles. The molecule has 8 nitrogen and oxygen atoms in total. The van der Waals surface area contributed by atoms with E-state index in [4.69, 9.17) is 16.3 Å². The van der Waals surface area contributed by atoms with E-state index in [2.05, 4.69) is 15.0 Å². The number of ether oxygens (including phenoxy) is 1. The highest BCUT2D eigenvalue weighted by molar-refractivity contribution is 6.51. The van der Waals surface area contributed by atoms with Crippen LogP contribution in [0.5, 0.6) is 5.75 Å². The first-order chi connectivity index (χ1) is 16.5. The molecule has 1 saturated heterocycles. The third-order valence-corrected chi connectivity index (χ3v) is 5.85. The lowest BCUT2D eigenvalue weighted by molar-refractivity contribution is -0.132. The Kier molecular flexibility index (Phi) is 5.51. The second-order valence-electron chi connectivity index (χ2n) is 7.58. The van der Waals surface area contributed by atoms with Gasteiger partial charge in [0.15, 0.2) is 0 Å². The average molecular weight is 475 g/mol. The Bertz CT molecular complexity index is 1410. The molecule has 0 spiro atoms. The van der Waals surface area contributed by atoms with Gasteiger partial charge in [-0.25, -0.2) is 4.98 Å². The van der Waals surface area contributed by atoms with Crippen LogP contribution in [0.3, 0.4) is 0 Å². The summed E-state index contributed by atoms with van der Waals surface area (Å²) in [5, 5.41) is 11.5. The molecule has 1 unspecified atom stereocenters. The molecule has 4 aromatic rings. The molecule has 0 radical (unpaired) electrons. The molecule has 1 aliphatic heterocycles. The molecule has 9 heteroatoms. The normalized spacial score (nSPS) is 17.5. The Hall–Kier alpha value is -4.17. The number of nitrogens with zero attached hydrogens (tertiary/aromatic N) is 3. The van der Waals surface area contributed by atoms with E-state index in [1.807, 2.05) is 25.1 Å². The minimum Gasteiger partial charge on any atom is -0.507 e. The fraction of sp³-hybridized carbons (Fsp3) is 0.120. The zero-order valence-electron chi connectivity index (χ0n) is 18.0. The fourth-order valence-electron chi connectivity index (χ4n) is 4.01. The van der Waals surface area contributed by atoms with Crippen molar-refractivity contribution in [3.05, 3.63) is 88.7 Å². The summed E-state index contributed by atoms with van der Waals surface area (Å²) in [5.41, 5.74) is 1.76. The average Bonchev–Trinajstić information content (AvgIpc) is 3.39. The van der Waals surface area contributed by atoms with Crippen LogP contribution in [-0.4, -0.2) is 38.4 Å². The third kappa shape index (κ3) is 3.58. The van der Waals surface area contributed by atoms with E-state index in [-0.39, 0.29) is 22.1 Å². The summed E-state index contributed by atoms with van der Waals surface area (Å²) < 4.78 is 5.52. The maximum absolute atomic E-state index is 13.3. The molecule has 1 aliphatic rings. The molecule has 1 atom stereocenters. The van der Waals surface area contributed by atoms with Crippen molar-refractivity contribution < 1.29 is 19.4 Å². The molecule has 170 valence electrons. The van der Waals surface area contributed by atoms with Gasteiger partial charge in [-0.1, -0.05) is 29.8 Å². The molecule has 34 heavy (non-hydrogen) atoms. The van der Waals surface area contributed by atoms with E-state index >= 15 is 0 Å². The van der Waals surface area contributed by atoms with E-state index in [0.717, 1.165) is 0 Å². The van der Waals surface area contributed by atoms with Gasteiger partial charge < -0.3 is 14.8 Å². The van der Waals surface area contributed by atoms with Crippen molar-refractivity contribution in [2.24, 2.45) is 0 Å². The van der Waals surface area contributed by atoms with E-state index in [0.29, 0.717) is 29.1 Å². The Morgan fingerprint density at radius 3 is 2.68 bits per heavy atom. The Morgan fingerprint density at radius 1 is 1.15 bits per heavy atom. The lowest BCUT2D eigenvalue weighted by Crippen LogP contribution is -2.30. The van der Waals surface area contributed by atoms with Crippen molar-refractivity contribution in [1.29, 1.82) is 0 Å². The number of imidazole rings is 1. The smallest absolute Gasteiger partial charge is 0.302 e. The predicted octanol–water partition coefficient (Wildman–Crippen LogP) is 4.64. The standard InChI is InChI=1S/C25H19ClN4O4/c1-2-34-14-10-11-16(26)15(13-14)22(31)20-21(19-9-5-6-12-27-19)30(24(33)23(20)32)25-28-17-7-3-4-8-18(17)29-25/h3-13,21,31H,2H2,1H3,(H,28,29)/b22-20+. The Labute approximate surface area is 199 Å². The number of Topliss-reactive ketones (excluding diaryl/α,β-unsaturated/α-hetero) is 1. The van der Waals surface area contributed by atoms with Gasteiger partial charge in [-0.05, 0) is 49.4 Å². The molecule has 2 N–H and O–H groups in total. The molecular weight excluding hydrogens is 456 g/mol. The highest BCUT2D eigenvalue weighted by Crippen LogP contribution is 2.42. The number of pyridine rings is 1. The van der Waals surface area contributed by atoms with Crippen molar-refractivity contribution in [3.8, 4) is 5.75 Å². The van der Waals surface area contributed by atoms with E-state index in [9.17, 15) is 14.7 Å². The lowest BCUT2D eigenvalue weighted by Gasteiger charge is -2.22. The van der Waals surface area contributed by atoms with Crippen LogP contribution in [0.15, 0.2) is 72.4 Å². The van der Waals surface area contributed by atoms with Crippen LogP contribution >= 0.6 is 11.6 Å². The van der Waals surface area contributed by atoms with Crippen molar-refractivity contribution in [2.75, 3.05) is 11.5 Å².